The van der Waals surface area contributed by atoms with Crippen LogP contribution in [0, 0.1) is 5.92 Å². The number of anilines is 1. The van der Waals surface area contributed by atoms with E-state index in [4.69, 9.17) is 0 Å². The third kappa shape index (κ3) is 3.38. The van der Waals surface area contributed by atoms with Crippen LogP contribution >= 0.6 is 0 Å². The van der Waals surface area contributed by atoms with Crippen molar-refractivity contribution in [2.75, 3.05) is 18.0 Å². The lowest BCUT2D eigenvalue weighted by Crippen LogP contribution is -2.45. The molecule has 1 aliphatic heterocycles. The fourth-order valence-electron chi connectivity index (χ4n) is 2.42. The van der Waals surface area contributed by atoms with Gasteiger partial charge in [0.2, 0.25) is 0 Å². The molecular weight excluding hydrogens is 252 g/mol. The van der Waals surface area contributed by atoms with E-state index < -0.39 is 11.8 Å². The zero-order chi connectivity index (χ0) is 14.5. The topological polar surface area (TPSA) is 49.4 Å². The summed E-state index contributed by atoms with van der Waals surface area (Å²) in [5.74, 6) is -0.427. The number of hydrogen-bond acceptors (Lipinski definition) is 2. The highest BCUT2D eigenvalue weighted by atomic mass is 16.2. The Morgan fingerprint density at radius 3 is 2.80 bits per heavy atom. The van der Waals surface area contributed by atoms with E-state index in [0.717, 1.165) is 30.5 Å². The first-order valence-electron chi connectivity index (χ1n) is 7.27. The second-order valence-corrected chi connectivity index (χ2v) is 5.63. The Morgan fingerprint density at radius 2 is 2.05 bits per heavy atom. The Bertz CT molecular complexity index is 497. The molecule has 1 aromatic carbocycles. The number of nitrogens with zero attached hydrogens (tertiary/aromatic N) is 1. The highest BCUT2D eigenvalue weighted by molar-refractivity contribution is 6.40. The molecule has 0 fully saturated rings. The summed E-state index contributed by atoms with van der Waals surface area (Å²) in [6, 6.07) is 7.80. The molecule has 1 aromatic rings. The van der Waals surface area contributed by atoms with Gasteiger partial charge in [-0.2, -0.15) is 0 Å². The van der Waals surface area contributed by atoms with Crippen LogP contribution < -0.4 is 10.2 Å². The summed E-state index contributed by atoms with van der Waals surface area (Å²) in [5.41, 5.74) is 2.02. The molecule has 0 radical (unpaired) electrons. The van der Waals surface area contributed by atoms with Crippen molar-refractivity contribution >= 4 is 17.5 Å². The van der Waals surface area contributed by atoms with E-state index in [1.165, 1.54) is 0 Å². The van der Waals surface area contributed by atoms with E-state index in [0.29, 0.717) is 19.0 Å². The molecule has 108 valence electrons. The number of amides is 2. The van der Waals surface area contributed by atoms with E-state index in [1.54, 1.807) is 4.90 Å². The normalized spacial score (nSPS) is 14.1. The summed E-state index contributed by atoms with van der Waals surface area (Å²) in [6.07, 6.45) is 2.76. The Labute approximate surface area is 120 Å². The molecule has 20 heavy (non-hydrogen) atoms. The number of benzene rings is 1. The highest BCUT2D eigenvalue weighted by Gasteiger charge is 2.26. The van der Waals surface area contributed by atoms with Crippen molar-refractivity contribution in [2.24, 2.45) is 5.92 Å². The van der Waals surface area contributed by atoms with Crippen LogP contribution in [0.3, 0.4) is 0 Å². The molecule has 0 spiro atoms. The van der Waals surface area contributed by atoms with Gasteiger partial charge in [-0.3, -0.25) is 9.59 Å². The van der Waals surface area contributed by atoms with Crippen LogP contribution in [0.5, 0.6) is 0 Å². The van der Waals surface area contributed by atoms with Crippen molar-refractivity contribution in [2.45, 2.75) is 33.1 Å². The first kappa shape index (κ1) is 14.6. The molecule has 4 heteroatoms. The lowest BCUT2D eigenvalue weighted by atomic mass is 10.0. The molecular formula is C16H22N2O2. The van der Waals surface area contributed by atoms with E-state index in [2.05, 4.69) is 19.2 Å². The second kappa shape index (κ2) is 6.55. The van der Waals surface area contributed by atoms with Gasteiger partial charge in [-0.25, -0.2) is 0 Å². The van der Waals surface area contributed by atoms with Gasteiger partial charge in [0.15, 0.2) is 0 Å². The number of carbonyl (C=O) groups is 2. The third-order valence-electron chi connectivity index (χ3n) is 3.56. The van der Waals surface area contributed by atoms with E-state index in [9.17, 15) is 9.59 Å². The maximum absolute atomic E-state index is 12.3. The van der Waals surface area contributed by atoms with Gasteiger partial charge >= 0.3 is 11.8 Å². The lowest BCUT2D eigenvalue weighted by Gasteiger charge is -2.28. The van der Waals surface area contributed by atoms with Gasteiger partial charge in [0.1, 0.15) is 0 Å². The second-order valence-electron chi connectivity index (χ2n) is 5.63. The molecule has 0 aliphatic carbocycles. The lowest BCUT2D eigenvalue weighted by molar-refractivity contribution is -0.137. The van der Waals surface area contributed by atoms with Crippen LogP contribution in [0.4, 0.5) is 5.69 Å². The van der Waals surface area contributed by atoms with Crippen molar-refractivity contribution in [3.05, 3.63) is 29.8 Å². The zero-order valence-electron chi connectivity index (χ0n) is 12.2. The van der Waals surface area contributed by atoms with Crippen LogP contribution in [0.25, 0.3) is 0 Å². The van der Waals surface area contributed by atoms with Crippen LogP contribution in [0.15, 0.2) is 24.3 Å². The van der Waals surface area contributed by atoms with Gasteiger partial charge in [-0.05, 0) is 36.8 Å². The van der Waals surface area contributed by atoms with Crippen molar-refractivity contribution in [3.63, 3.8) is 0 Å². The summed E-state index contributed by atoms with van der Waals surface area (Å²) in [5, 5.41) is 2.71. The Hall–Kier alpha value is -1.84. The predicted octanol–water partition coefficient (Wildman–Crippen LogP) is 2.13. The summed E-state index contributed by atoms with van der Waals surface area (Å²) in [7, 11) is 0. The van der Waals surface area contributed by atoms with Crippen molar-refractivity contribution in [1.82, 2.24) is 5.32 Å². The molecule has 0 atom stereocenters. The SMILES string of the molecule is CC(C)CCNC(=O)C(=O)N1CCCc2ccccc21. The van der Waals surface area contributed by atoms with Crippen molar-refractivity contribution < 1.29 is 9.59 Å². The van der Waals surface area contributed by atoms with Crippen molar-refractivity contribution in [3.8, 4) is 0 Å². The maximum Gasteiger partial charge on any atom is 0.316 e. The van der Waals surface area contributed by atoms with Gasteiger partial charge in [0.05, 0.1) is 0 Å². The molecule has 1 aliphatic rings. The van der Waals surface area contributed by atoms with E-state index >= 15 is 0 Å². The molecule has 1 heterocycles. The van der Waals surface area contributed by atoms with Gasteiger partial charge < -0.3 is 10.2 Å². The van der Waals surface area contributed by atoms with Crippen LogP contribution in [-0.4, -0.2) is 24.9 Å². The number of nitrogens with one attached hydrogen (secondary N) is 1. The van der Waals surface area contributed by atoms with Crippen LogP contribution in [0.2, 0.25) is 0 Å². The summed E-state index contributed by atoms with van der Waals surface area (Å²) in [6.45, 7) is 5.36. The fraction of sp³-hybridized carbons (Fsp3) is 0.500. The van der Waals surface area contributed by atoms with Gasteiger partial charge in [0.25, 0.3) is 0 Å². The van der Waals surface area contributed by atoms with E-state index in [1.807, 2.05) is 24.3 Å². The molecule has 0 unspecified atom stereocenters. The van der Waals surface area contributed by atoms with Crippen molar-refractivity contribution in [1.29, 1.82) is 0 Å². The summed E-state index contributed by atoms with van der Waals surface area (Å²) in [4.78, 5) is 25.8. The molecule has 1 N–H and O–H groups in total. The minimum Gasteiger partial charge on any atom is -0.348 e. The molecule has 0 saturated heterocycles. The molecule has 0 bridgehead atoms. The number of fused-ring (bicyclic) bond motifs is 1. The molecule has 0 aromatic heterocycles. The molecule has 2 rings (SSSR count). The number of hydrogen-bond donors (Lipinski definition) is 1. The first-order valence-corrected chi connectivity index (χ1v) is 7.27. The number of para-hydroxylation sites is 1. The number of aryl methyl sites for hydroxylation is 1. The average Bonchev–Trinajstić information content (AvgIpc) is 2.45. The zero-order valence-corrected chi connectivity index (χ0v) is 12.2. The average molecular weight is 274 g/mol. The Kier molecular flexibility index (Phi) is 4.77. The summed E-state index contributed by atoms with van der Waals surface area (Å²) >= 11 is 0. The van der Waals surface area contributed by atoms with Crippen LogP contribution in [0.1, 0.15) is 32.3 Å². The maximum atomic E-state index is 12.3. The highest BCUT2D eigenvalue weighted by Crippen LogP contribution is 2.26. The largest absolute Gasteiger partial charge is 0.348 e. The first-order chi connectivity index (χ1) is 9.59. The molecule has 2 amide bonds. The summed E-state index contributed by atoms with van der Waals surface area (Å²) < 4.78 is 0. The minimum atomic E-state index is -0.498. The van der Waals surface area contributed by atoms with Gasteiger partial charge in [-0.15, -0.1) is 0 Å². The monoisotopic (exact) mass is 274 g/mol. The third-order valence-corrected chi connectivity index (χ3v) is 3.56. The smallest absolute Gasteiger partial charge is 0.316 e. The quantitative estimate of drug-likeness (QED) is 0.858. The Morgan fingerprint density at radius 1 is 1.30 bits per heavy atom. The molecule has 4 nitrogen and oxygen atoms in total. The van der Waals surface area contributed by atoms with Crippen LogP contribution in [-0.2, 0) is 16.0 Å². The fourth-order valence-corrected chi connectivity index (χ4v) is 2.42. The minimum absolute atomic E-state index is 0.444. The van der Waals surface area contributed by atoms with E-state index in [-0.39, 0.29) is 0 Å². The number of rotatable bonds is 3. The standard InChI is InChI=1S/C16H22N2O2/c1-12(2)9-10-17-15(19)16(20)18-11-5-7-13-6-3-4-8-14(13)18/h3-4,6,8,12H,5,7,9-11H2,1-2H3,(H,17,19). The molecule has 0 saturated carbocycles. The Balaban J connectivity index is 2.01. The number of carbonyl (C=O) groups excluding carboxylic acids is 2. The predicted molar refractivity (Wildman–Crippen MR) is 79.6 cm³/mol. The van der Waals surface area contributed by atoms with Gasteiger partial charge in [0, 0.05) is 18.8 Å². The van der Waals surface area contributed by atoms with Gasteiger partial charge in [-0.1, -0.05) is 32.0 Å².